The van der Waals surface area contributed by atoms with Gasteiger partial charge < -0.3 is 5.32 Å². The van der Waals surface area contributed by atoms with Crippen LogP contribution in [0.5, 0.6) is 0 Å². The molecule has 0 bridgehead atoms. The van der Waals surface area contributed by atoms with Gasteiger partial charge in [-0.2, -0.15) is 0 Å². The number of aromatic nitrogens is 1. The summed E-state index contributed by atoms with van der Waals surface area (Å²) < 4.78 is 0. The number of nitrogens with one attached hydrogen (secondary N) is 1. The van der Waals surface area contributed by atoms with E-state index in [4.69, 9.17) is 6.42 Å². The minimum Gasteiger partial charge on any atom is -0.312 e. The van der Waals surface area contributed by atoms with E-state index in [0.717, 1.165) is 18.5 Å². The van der Waals surface area contributed by atoms with Crippen LogP contribution in [0.3, 0.4) is 0 Å². The highest BCUT2D eigenvalue weighted by Gasteiger charge is 2.09. The van der Waals surface area contributed by atoms with Gasteiger partial charge in [0.2, 0.25) is 0 Å². The number of nitrogens with zero attached hydrogens (tertiary/aromatic N) is 1. The summed E-state index contributed by atoms with van der Waals surface area (Å²) in [5, 5.41) is 3.22. The molecule has 1 rings (SSSR count). The molecule has 14 heavy (non-hydrogen) atoms. The lowest BCUT2D eigenvalue weighted by molar-refractivity contribution is 0.544. The second-order valence-electron chi connectivity index (χ2n) is 3.34. The van der Waals surface area contributed by atoms with Crippen molar-refractivity contribution in [3.8, 4) is 12.3 Å². The number of pyridine rings is 1. The van der Waals surface area contributed by atoms with Crippen LogP contribution in [-0.4, -0.2) is 12.0 Å². The zero-order valence-electron chi connectivity index (χ0n) is 8.75. The van der Waals surface area contributed by atoms with Crippen molar-refractivity contribution in [3.63, 3.8) is 0 Å². The van der Waals surface area contributed by atoms with E-state index in [0.29, 0.717) is 0 Å². The molecule has 1 aromatic rings. The average molecular weight is 188 g/mol. The molecule has 0 radical (unpaired) electrons. The summed E-state index contributed by atoms with van der Waals surface area (Å²) in [6.45, 7) is 2.07. The molecule has 0 saturated heterocycles. The quantitative estimate of drug-likeness (QED) is 0.732. The van der Waals surface area contributed by atoms with Crippen molar-refractivity contribution in [3.05, 3.63) is 29.6 Å². The number of rotatable bonds is 4. The Hall–Kier alpha value is -1.33. The van der Waals surface area contributed by atoms with Crippen molar-refractivity contribution >= 4 is 0 Å². The molecule has 0 aliphatic carbocycles. The number of hydrogen-bond donors (Lipinski definition) is 1. The van der Waals surface area contributed by atoms with Crippen LogP contribution in [-0.2, 0) is 0 Å². The number of terminal acetylenes is 1. The fourth-order valence-corrected chi connectivity index (χ4v) is 1.42. The van der Waals surface area contributed by atoms with E-state index in [1.807, 2.05) is 19.3 Å². The van der Waals surface area contributed by atoms with Crippen molar-refractivity contribution in [1.82, 2.24) is 10.3 Å². The van der Waals surface area contributed by atoms with Gasteiger partial charge in [-0.05, 0) is 38.1 Å². The molecule has 1 atom stereocenters. The molecular weight excluding hydrogens is 172 g/mol. The molecule has 0 fully saturated rings. The van der Waals surface area contributed by atoms with E-state index in [1.165, 1.54) is 5.56 Å². The number of hydrogen-bond acceptors (Lipinski definition) is 2. The van der Waals surface area contributed by atoms with Crippen LogP contribution in [0.25, 0.3) is 0 Å². The van der Waals surface area contributed by atoms with E-state index >= 15 is 0 Å². The van der Waals surface area contributed by atoms with Crippen LogP contribution >= 0.6 is 0 Å². The summed E-state index contributed by atoms with van der Waals surface area (Å²) in [5.41, 5.74) is 2.30. The lowest BCUT2D eigenvalue weighted by Gasteiger charge is -2.14. The average Bonchev–Trinajstić information content (AvgIpc) is 2.19. The molecule has 0 saturated carbocycles. The van der Waals surface area contributed by atoms with Gasteiger partial charge in [-0.3, -0.25) is 4.98 Å². The third-order valence-corrected chi connectivity index (χ3v) is 2.22. The van der Waals surface area contributed by atoms with E-state index in [-0.39, 0.29) is 6.04 Å². The van der Waals surface area contributed by atoms with Crippen molar-refractivity contribution in [2.45, 2.75) is 25.8 Å². The first-order chi connectivity index (χ1) is 6.77. The van der Waals surface area contributed by atoms with Gasteiger partial charge in [-0.25, -0.2) is 0 Å². The van der Waals surface area contributed by atoms with Gasteiger partial charge in [0.05, 0.1) is 11.7 Å². The molecule has 1 heterocycles. The Labute approximate surface area is 85.8 Å². The Morgan fingerprint density at radius 3 is 3.00 bits per heavy atom. The second kappa shape index (κ2) is 5.41. The summed E-state index contributed by atoms with van der Waals surface area (Å²) in [7, 11) is 1.94. The fraction of sp³-hybridized carbons (Fsp3) is 0.417. The Balaban J connectivity index is 2.74. The maximum Gasteiger partial charge on any atom is 0.0576 e. The molecule has 2 heteroatoms. The van der Waals surface area contributed by atoms with E-state index < -0.39 is 0 Å². The van der Waals surface area contributed by atoms with Crippen LogP contribution < -0.4 is 5.32 Å². The van der Waals surface area contributed by atoms with Gasteiger partial charge in [0.25, 0.3) is 0 Å². The number of aryl methyl sites for hydroxylation is 1. The molecule has 74 valence electrons. The first-order valence-corrected chi connectivity index (χ1v) is 4.81. The maximum atomic E-state index is 5.24. The Kier molecular flexibility index (Phi) is 4.15. The first-order valence-electron chi connectivity index (χ1n) is 4.81. The van der Waals surface area contributed by atoms with E-state index in [2.05, 4.69) is 29.2 Å². The lowest BCUT2D eigenvalue weighted by Crippen LogP contribution is -2.17. The highest BCUT2D eigenvalue weighted by Crippen LogP contribution is 2.16. The normalized spacial score (nSPS) is 12.1. The molecular formula is C12H16N2. The molecule has 0 spiro atoms. The molecule has 0 aromatic carbocycles. The standard InChI is InChI=1S/C12H16N2/c1-4-5-6-11(13-3)12-9-10(2)7-8-14-12/h1,7-9,11,13H,5-6H2,2-3H3. The predicted octanol–water partition coefficient (Wildman–Crippen LogP) is 2.06. The van der Waals surface area contributed by atoms with Crippen LogP contribution in [0.15, 0.2) is 18.3 Å². The van der Waals surface area contributed by atoms with Crippen LogP contribution in [0, 0.1) is 19.3 Å². The van der Waals surface area contributed by atoms with Gasteiger partial charge in [-0.1, -0.05) is 0 Å². The van der Waals surface area contributed by atoms with E-state index in [9.17, 15) is 0 Å². The first kappa shape index (κ1) is 10.7. The van der Waals surface area contributed by atoms with Gasteiger partial charge >= 0.3 is 0 Å². The smallest absolute Gasteiger partial charge is 0.0576 e. The monoisotopic (exact) mass is 188 g/mol. The predicted molar refractivity (Wildman–Crippen MR) is 58.8 cm³/mol. The van der Waals surface area contributed by atoms with Crippen molar-refractivity contribution in [2.75, 3.05) is 7.05 Å². The minimum atomic E-state index is 0.269. The summed E-state index contributed by atoms with van der Waals surface area (Å²) >= 11 is 0. The highest BCUT2D eigenvalue weighted by atomic mass is 14.9. The summed E-state index contributed by atoms with van der Waals surface area (Å²) in [4.78, 5) is 4.33. The summed E-state index contributed by atoms with van der Waals surface area (Å²) in [6, 6.07) is 4.36. The molecule has 0 amide bonds. The van der Waals surface area contributed by atoms with Crippen molar-refractivity contribution in [1.29, 1.82) is 0 Å². The van der Waals surface area contributed by atoms with Crippen LogP contribution in [0.2, 0.25) is 0 Å². The molecule has 1 N–H and O–H groups in total. The minimum absolute atomic E-state index is 0.269. The van der Waals surface area contributed by atoms with Gasteiger partial charge in [0.1, 0.15) is 0 Å². The molecule has 0 aliphatic rings. The molecule has 1 unspecified atom stereocenters. The van der Waals surface area contributed by atoms with Crippen LogP contribution in [0.1, 0.15) is 30.1 Å². The Morgan fingerprint density at radius 1 is 1.64 bits per heavy atom. The van der Waals surface area contributed by atoms with Crippen molar-refractivity contribution < 1.29 is 0 Å². The van der Waals surface area contributed by atoms with Gasteiger partial charge in [0.15, 0.2) is 0 Å². The van der Waals surface area contributed by atoms with Crippen LogP contribution in [0.4, 0.5) is 0 Å². The van der Waals surface area contributed by atoms with Gasteiger partial charge in [0, 0.05) is 12.6 Å². The zero-order chi connectivity index (χ0) is 10.4. The van der Waals surface area contributed by atoms with Crippen molar-refractivity contribution in [2.24, 2.45) is 0 Å². The Bertz CT molecular complexity index is 325. The fourth-order valence-electron chi connectivity index (χ4n) is 1.42. The summed E-state index contributed by atoms with van der Waals surface area (Å²) in [5.74, 6) is 2.65. The third kappa shape index (κ3) is 2.86. The zero-order valence-corrected chi connectivity index (χ0v) is 8.75. The van der Waals surface area contributed by atoms with Gasteiger partial charge in [-0.15, -0.1) is 12.3 Å². The topological polar surface area (TPSA) is 24.9 Å². The largest absolute Gasteiger partial charge is 0.312 e. The SMILES string of the molecule is C#CCCC(NC)c1cc(C)ccn1. The highest BCUT2D eigenvalue weighted by molar-refractivity contribution is 5.17. The second-order valence-corrected chi connectivity index (χ2v) is 3.34. The van der Waals surface area contributed by atoms with E-state index in [1.54, 1.807) is 0 Å². The summed E-state index contributed by atoms with van der Waals surface area (Å²) in [6.07, 6.45) is 8.79. The Morgan fingerprint density at radius 2 is 2.43 bits per heavy atom. The molecule has 1 aromatic heterocycles. The molecule has 0 aliphatic heterocycles. The lowest BCUT2D eigenvalue weighted by atomic mass is 10.1. The third-order valence-electron chi connectivity index (χ3n) is 2.22. The molecule has 2 nitrogen and oxygen atoms in total. The maximum absolute atomic E-state index is 5.24.